The van der Waals surface area contributed by atoms with Gasteiger partial charge in [0.1, 0.15) is 6.10 Å². The fourth-order valence-electron chi connectivity index (χ4n) is 3.88. The minimum absolute atomic E-state index is 0.235. The van der Waals surface area contributed by atoms with E-state index in [2.05, 4.69) is 20.0 Å². The van der Waals surface area contributed by atoms with Gasteiger partial charge in [-0.3, -0.25) is 4.90 Å². The van der Waals surface area contributed by atoms with E-state index in [4.69, 9.17) is 9.26 Å². The molecule has 7 nitrogen and oxygen atoms in total. The lowest BCUT2D eigenvalue weighted by molar-refractivity contribution is 0.107. The molecule has 0 aromatic carbocycles. The van der Waals surface area contributed by atoms with Gasteiger partial charge in [-0.15, -0.1) is 0 Å². The Balaban J connectivity index is 1.46. The van der Waals surface area contributed by atoms with E-state index in [1.807, 2.05) is 12.1 Å². The molecule has 2 aliphatic rings. The molecule has 3 heterocycles. The van der Waals surface area contributed by atoms with Crippen LogP contribution in [0, 0.1) is 5.92 Å². The minimum Gasteiger partial charge on any atom is -0.474 e. The lowest BCUT2D eigenvalue weighted by Gasteiger charge is -2.30. The highest BCUT2D eigenvalue weighted by Crippen LogP contribution is 2.30. The fourth-order valence-corrected chi connectivity index (χ4v) is 3.88. The third kappa shape index (κ3) is 4.04. The Labute approximate surface area is 153 Å². The first-order chi connectivity index (χ1) is 12.8. The third-order valence-electron chi connectivity index (χ3n) is 5.28. The van der Waals surface area contributed by atoms with Gasteiger partial charge in [0.05, 0.1) is 12.1 Å². The van der Waals surface area contributed by atoms with Crippen molar-refractivity contribution in [2.45, 2.75) is 51.2 Å². The zero-order chi connectivity index (χ0) is 17.8. The molecule has 1 atom stereocenters. The first-order valence-electron chi connectivity index (χ1n) is 9.59. The first-order valence-corrected chi connectivity index (χ1v) is 9.59. The van der Waals surface area contributed by atoms with Gasteiger partial charge in [-0.1, -0.05) is 5.16 Å². The Morgan fingerprint density at radius 1 is 1.23 bits per heavy atom. The number of aliphatic hydroxyl groups is 1. The Hall–Kier alpha value is -1.99. The van der Waals surface area contributed by atoms with Crippen LogP contribution in [0.2, 0.25) is 0 Å². The number of aliphatic hydroxyl groups excluding tert-OH is 1. The van der Waals surface area contributed by atoms with Gasteiger partial charge in [0.2, 0.25) is 17.6 Å². The van der Waals surface area contributed by atoms with Crippen molar-refractivity contribution in [2.75, 3.05) is 19.7 Å². The highest BCUT2D eigenvalue weighted by Gasteiger charge is 2.23. The third-order valence-corrected chi connectivity index (χ3v) is 5.28. The molecule has 0 bridgehead atoms. The van der Waals surface area contributed by atoms with Crippen molar-refractivity contribution in [1.29, 1.82) is 0 Å². The Kier molecular flexibility index (Phi) is 5.45. The standard InChI is InChI=1S/C19H26N4O3/c24-13-14-5-4-10-23(11-14)12-17-21-18(22-26-17)16-8-3-9-20-19(16)25-15-6-1-2-7-15/h3,8-9,14-15,24H,1-2,4-7,10-13H2. The number of nitrogens with zero attached hydrogens (tertiary/aromatic N) is 4. The van der Waals surface area contributed by atoms with Crippen molar-refractivity contribution in [3.05, 3.63) is 24.2 Å². The number of hydrogen-bond acceptors (Lipinski definition) is 7. The summed E-state index contributed by atoms with van der Waals surface area (Å²) in [6, 6.07) is 3.79. The summed E-state index contributed by atoms with van der Waals surface area (Å²) >= 11 is 0. The highest BCUT2D eigenvalue weighted by molar-refractivity contribution is 5.60. The van der Waals surface area contributed by atoms with Crippen molar-refractivity contribution in [2.24, 2.45) is 5.92 Å². The van der Waals surface area contributed by atoms with Crippen LogP contribution in [0.15, 0.2) is 22.9 Å². The van der Waals surface area contributed by atoms with Crippen LogP contribution in [0.5, 0.6) is 5.88 Å². The molecule has 0 spiro atoms. The predicted molar refractivity (Wildman–Crippen MR) is 95.5 cm³/mol. The van der Waals surface area contributed by atoms with Crippen molar-refractivity contribution >= 4 is 0 Å². The molecule has 1 saturated carbocycles. The number of likely N-dealkylation sites (tertiary alicyclic amines) is 1. The van der Waals surface area contributed by atoms with E-state index in [1.165, 1.54) is 12.8 Å². The molecule has 1 unspecified atom stereocenters. The van der Waals surface area contributed by atoms with Gasteiger partial charge in [-0.05, 0) is 63.1 Å². The van der Waals surface area contributed by atoms with Crippen LogP contribution in [0.4, 0.5) is 0 Å². The van der Waals surface area contributed by atoms with Crippen molar-refractivity contribution < 1.29 is 14.4 Å². The number of rotatable bonds is 6. The molecule has 4 rings (SSSR count). The average Bonchev–Trinajstić information content (AvgIpc) is 3.35. The van der Waals surface area contributed by atoms with Crippen molar-refractivity contribution in [3.63, 3.8) is 0 Å². The lowest BCUT2D eigenvalue weighted by Crippen LogP contribution is -2.36. The van der Waals surface area contributed by atoms with Crippen molar-refractivity contribution in [3.8, 4) is 17.3 Å². The molecule has 7 heteroatoms. The topological polar surface area (TPSA) is 84.5 Å². The maximum atomic E-state index is 9.38. The monoisotopic (exact) mass is 358 g/mol. The van der Waals surface area contributed by atoms with E-state index in [-0.39, 0.29) is 12.7 Å². The molecule has 0 amide bonds. The average molecular weight is 358 g/mol. The summed E-state index contributed by atoms with van der Waals surface area (Å²) in [5.74, 6) is 2.05. The van der Waals surface area contributed by atoms with Gasteiger partial charge in [0.15, 0.2) is 0 Å². The van der Waals surface area contributed by atoms with Gasteiger partial charge in [0, 0.05) is 19.3 Å². The molecule has 0 radical (unpaired) electrons. The number of ether oxygens (including phenoxy) is 1. The van der Waals surface area contributed by atoms with Crippen LogP contribution in [0.1, 0.15) is 44.4 Å². The van der Waals surface area contributed by atoms with Crippen LogP contribution >= 0.6 is 0 Å². The highest BCUT2D eigenvalue weighted by atomic mass is 16.5. The van der Waals surface area contributed by atoms with Gasteiger partial charge in [-0.25, -0.2) is 4.98 Å². The second-order valence-electron chi connectivity index (χ2n) is 7.32. The maximum Gasteiger partial charge on any atom is 0.241 e. The molecule has 2 aromatic rings. The molecule has 1 aliphatic heterocycles. The summed E-state index contributed by atoms with van der Waals surface area (Å²) in [6.45, 7) is 2.72. The van der Waals surface area contributed by atoms with Gasteiger partial charge >= 0.3 is 0 Å². The minimum atomic E-state index is 0.235. The maximum absolute atomic E-state index is 9.38. The zero-order valence-electron chi connectivity index (χ0n) is 15.0. The summed E-state index contributed by atoms with van der Waals surface area (Å²) in [5, 5.41) is 13.5. The fraction of sp³-hybridized carbons (Fsp3) is 0.632. The number of pyridine rings is 1. The largest absolute Gasteiger partial charge is 0.474 e. The lowest BCUT2D eigenvalue weighted by atomic mass is 9.99. The summed E-state index contributed by atoms with van der Waals surface area (Å²) in [6.07, 6.45) is 8.72. The molecule has 140 valence electrons. The SMILES string of the molecule is OCC1CCCN(Cc2nc(-c3cccnc3OC3CCCC3)no2)C1. The van der Waals surface area contributed by atoms with Gasteiger partial charge < -0.3 is 14.4 Å². The summed E-state index contributed by atoms with van der Waals surface area (Å²) in [7, 11) is 0. The van der Waals surface area contributed by atoms with E-state index in [0.717, 1.165) is 44.3 Å². The van der Waals surface area contributed by atoms with Crippen LogP contribution in [0.3, 0.4) is 0 Å². The Bertz CT molecular complexity index is 714. The molecule has 2 fully saturated rings. The van der Waals surface area contributed by atoms with E-state index in [0.29, 0.717) is 30.1 Å². The van der Waals surface area contributed by atoms with Crippen LogP contribution in [-0.2, 0) is 6.54 Å². The zero-order valence-corrected chi connectivity index (χ0v) is 15.0. The van der Waals surface area contributed by atoms with E-state index in [1.54, 1.807) is 6.20 Å². The molecule has 26 heavy (non-hydrogen) atoms. The van der Waals surface area contributed by atoms with Crippen LogP contribution < -0.4 is 4.74 Å². The van der Waals surface area contributed by atoms with Crippen molar-refractivity contribution in [1.82, 2.24) is 20.0 Å². The smallest absolute Gasteiger partial charge is 0.241 e. The van der Waals surface area contributed by atoms with Gasteiger partial charge in [0.25, 0.3) is 0 Å². The Morgan fingerprint density at radius 2 is 2.12 bits per heavy atom. The quantitative estimate of drug-likeness (QED) is 0.850. The second kappa shape index (κ2) is 8.14. The molecule has 1 N–H and O–H groups in total. The number of aromatic nitrogens is 3. The molecule has 2 aromatic heterocycles. The van der Waals surface area contributed by atoms with E-state index < -0.39 is 0 Å². The normalized spacial score (nSPS) is 22.0. The Morgan fingerprint density at radius 3 is 2.96 bits per heavy atom. The summed E-state index contributed by atoms with van der Waals surface area (Å²) < 4.78 is 11.5. The number of piperidine rings is 1. The van der Waals surface area contributed by atoms with Gasteiger partial charge in [-0.2, -0.15) is 4.98 Å². The number of hydrogen-bond donors (Lipinski definition) is 1. The van der Waals surface area contributed by atoms with E-state index >= 15 is 0 Å². The predicted octanol–water partition coefficient (Wildman–Crippen LogP) is 2.66. The summed E-state index contributed by atoms with van der Waals surface area (Å²) in [5.41, 5.74) is 0.779. The van der Waals surface area contributed by atoms with E-state index in [9.17, 15) is 5.11 Å². The van der Waals surface area contributed by atoms with Crippen LogP contribution in [-0.4, -0.2) is 50.9 Å². The summed E-state index contributed by atoms with van der Waals surface area (Å²) in [4.78, 5) is 11.2. The second-order valence-corrected chi connectivity index (χ2v) is 7.32. The first kappa shape index (κ1) is 17.4. The molecular formula is C19H26N4O3. The molecule has 1 saturated heterocycles. The molecular weight excluding hydrogens is 332 g/mol. The molecule has 1 aliphatic carbocycles. The van der Waals surface area contributed by atoms with Crippen LogP contribution in [0.25, 0.3) is 11.4 Å².